The van der Waals surface area contributed by atoms with Crippen LogP contribution in [0.4, 0.5) is 15.8 Å². The van der Waals surface area contributed by atoms with Crippen molar-refractivity contribution < 1.29 is 22.4 Å². The highest BCUT2D eigenvalue weighted by atomic mass is 32.2. The number of aromatic amines is 1. The van der Waals surface area contributed by atoms with Crippen molar-refractivity contribution in [2.45, 2.75) is 25.2 Å². The molecule has 0 atom stereocenters. The second kappa shape index (κ2) is 9.60. The van der Waals surface area contributed by atoms with Crippen molar-refractivity contribution in [3.8, 4) is 0 Å². The van der Waals surface area contributed by atoms with Gasteiger partial charge in [0.25, 0.3) is 21.8 Å². The predicted octanol–water partition coefficient (Wildman–Crippen LogP) is 3.40. The van der Waals surface area contributed by atoms with Crippen LogP contribution < -0.4 is 9.62 Å². The number of piperazine rings is 1. The van der Waals surface area contributed by atoms with Gasteiger partial charge in [-0.15, -0.1) is 0 Å². The molecule has 208 valence electrons. The molecule has 0 unspecified atom stereocenters. The summed E-state index contributed by atoms with van der Waals surface area (Å²) in [7, 11) is -1.92. The summed E-state index contributed by atoms with van der Waals surface area (Å²) in [6.07, 6.45) is 2.09. The van der Waals surface area contributed by atoms with Crippen molar-refractivity contribution in [3.63, 3.8) is 0 Å². The number of H-pyrrole nitrogens is 1. The van der Waals surface area contributed by atoms with Gasteiger partial charge in [0.05, 0.1) is 21.7 Å². The quantitative estimate of drug-likeness (QED) is 0.474. The van der Waals surface area contributed by atoms with Crippen molar-refractivity contribution >= 4 is 44.9 Å². The first-order valence-corrected chi connectivity index (χ1v) is 14.6. The molecular weight excluding hydrogens is 533 g/mol. The molecule has 0 saturated carbocycles. The van der Waals surface area contributed by atoms with E-state index >= 15 is 0 Å². The number of nitrogens with zero attached hydrogens (tertiary/aromatic N) is 3. The predicted molar refractivity (Wildman–Crippen MR) is 151 cm³/mol. The van der Waals surface area contributed by atoms with Crippen LogP contribution in [0, 0.1) is 19.7 Å². The molecule has 1 saturated heterocycles. The van der Waals surface area contributed by atoms with E-state index in [0.29, 0.717) is 64.5 Å². The van der Waals surface area contributed by atoms with Crippen molar-refractivity contribution in [2.75, 3.05) is 49.4 Å². The number of anilines is 2. The van der Waals surface area contributed by atoms with Crippen molar-refractivity contribution in [2.24, 2.45) is 0 Å². The number of fused-ring (bicyclic) bond motifs is 2. The van der Waals surface area contributed by atoms with Crippen LogP contribution in [-0.4, -0.2) is 74.8 Å². The lowest BCUT2D eigenvalue weighted by Gasteiger charge is -2.32. The number of sulfonamides is 1. The Labute approximate surface area is 232 Å². The van der Waals surface area contributed by atoms with Crippen LogP contribution in [0.1, 0.15) is 38.4 Å². The SMILES string of the molecule is Cc1[nH]c(C=C2C(=O)Nc3ccc(S(=O)(=O)N4CCc5cc(F)ccc54)cc32)c(C)c1C(=O)N1CCN(C)CC1. The van der Waals surface area contributed by atoms with Crippen molar-refractivity contribution in [3.05, 3.63) is 75.9 Å². The zero-order chi connectivity index (χ0) is 28.3. The number of benzene rings is 2. The molecule has 40 heavy (non-hydrogen) atoms. The molecule has 9 nitrogen and oxygen atoms in total. The number of carbonyl (C=O) groups is 2. The first kappa shape index (κ1) is 26.3. The number of aryl methyl sites for hydroxylation is 1. The van der Waals surface area contributed by atoms with Gasteiger partial charge >= 0.3 is 0 Å². The lowest BCUT2D eigenvalue weighted by molar-refractivity contribution is -0.110. The van der Waals surface area contributed by atoms with Gasteiger partial charge in [0.1, 0.15) is 5.82 Å². The van der Waals surface area contributed by atoms with E-state index in [2.05, 4.69) is 15.2 Å². The monoisotopic (exact) mass is 563 g/mol. The molecule has 4 heterocycles. The van der Waals surface area contributed by atoms with E-state index in [0.717, 1.165) is 18.7 Å². The topological polar surface area (TPSA) is 106 Å². The fourth-order valence-electron chi connectivity index (χ4n) is 5.74. The molecular formula is C29H30FN5O4S. The number of aromatic nitrogens is 1. The zero-order valence-electron chi connectivity index (χ0n) is 22.5. The van der Waals surface area contributed by atoms with Crippen LogP contribution in [0.5, 0.6) is 0 Å². The summed E-state index contributed by atoms with van der Waals surface area (Å²) < 4.78 is 42.2. The van der Waals surface area contributed by atoms with Gasteiger partial charge in [0.15, 0.2) is 0 Å². The van der Waals surface area contributed by atoms with Crippen LogP contribution >= 0.6 is 0 Å². The molecule has 3 aliphatic rings. The number of nitrogens with one attached hydrogen (secondary N) is 2. The van der Waals surface area contributed by atoms with Crippen LogP contribution in [0.25, 0.3) is 11.6 Å². The van der Waals surface area contributed by atoms with Gasteiger partial charge in [-0.1, -0.05) is 0 Å². The largest absolute Gasteiger partial charge is 0.358 e. The summed E-state index contributed by atoms with van der Waals surface area (Å²) in [6, 6.07) is 8.64. The number of rotatable bonds is 4. The minimum Gasteiger partial charge on any atom is -0.358 e. The molecule has 3 aliphatic heterocycles. The standard InChI is InChI=1S/C29H30FN5O4S/c1-17-25(31-18(2)27(17)29(37)34-12-10-33(3)11-13-34)16-23-22-15-21(5-6-24(22)32-28(23)36)40(38,39)35-9-8-19-14-20(30)4-7-26(19)35/h4-7,14-16,31H,8-13H2,1-3H3,(H,32,36). The summed E-state index contributed by atoms with van der Waals surface area (Å²) in [5.74, 6) is -0.803. The highest BCUT2D eigenvalue weighted by Crippen LogP contribution is 2.38. The Morgan fingerprint density at radius 2 is 1.77 bits per heavy atom. The van der Waals surface area contributed by atoms with E-state index in [4.69, 9.17) is 0 Å². The lowest BCUT2D eigenvalue weighted by Crippen LogP contribution is -2.47. The van der Waals surface area contributed by atoms with E-state index in [-0.39, 0.29) is 23.3 Å². The third kappa shape index (κ3) is 4.29. The summed E-state index contributed by atoms with van der Waals surface area (Å²) in [5.41, 5.74) is 5.04. The summed E-state index contributed by atoms with van der Waals surface area (Å²) in [6.45, 7) is 6.83. The first-order chi connectivity index (χ1) is 19.0. The fraction of sp³-hybridized carbons (Fsp3) is 0.310. The van der Waals surface area contributed by atoms with Crippen LogP contribution in [0.3, 0.4) is 0 Å². The Morgan fingerprint density at radius 3 is 2.52 bits per heavy atom. The van der Waals surface area contributed by atoms with E-state index in [1.807, 2.05) is 25.8 Å². The summed E-state index contributed by atoms with van der Waals surface area (Å²) >= 11 is 0. The summed E-state index contributed by atoms with van der Waals surface area (Å²) in [5, 5.41) is 2.81. The Kier molecular flexibility index (Phi) is 6.30. The second-order valence-corrected chi connectivity index (χ2v) is 12.4. The zero-order valence-corrected chi connectivity index (χ0v) is 23.4. The lowest BCUT2D eigenvalue weighted by atomic mass is 10.0. The van der Waals surface area contributed by atoms with Gasteiger partial charge in [-0.05, 0) is 80.9 Å². The Hall–Kier alpha value is -3.96. The Balaban J connectivity index is 1.34. The smallest absolute Gasteiger partial charge is 0.264 e. The van der Waals surface area contributed by atoms with Crippen molar-refractivity contribution in [1.29, 1.82) is 0 Å². The highest BCUT2D eigenvalue weighted by molar-refractivity contribution is 7.92. The third-order valence-corrected chi connectivity index (χ3v) is 9.83. The maximum absolute atomic E-state index is 13.7. The van der Waals surface area contributed by atoms with E-state index in [9.17, 15) is 22.4 Å². The maximum atomic E-state index is 13.7. The molecule has 2 N–H and O–H groups in total. The normalized spacial score (nSPS) is 18.3. The molecule has 2 amide bonds. The third-order valence-electron chi connectivity index (χ3n) is 8.03. The van der Waals surface area contributed by atoms with Gasteiger partial charge in [-0.25, -0.2) is 12.8 Å². The molecule has 3 aromatic rings. The van der Waals surface area contributed by atoms with Crippen LogP contribution in [0.2, 0.25) is 0 Å². The average Bonchev–Trinajstić information content (AvgIpc) is 3.57. The number of hydrogen-bond acceptors (Lipinski definition) is 5. The van der Waals surface area contributed by atoms with E-state index in [1.165, 1.54) is 34.6 Å². The average molecular weight is 564 g/mol. The van der Waals surface area contributed by atoms with E-state index < -0.39 is 15.8 Å². The van der Waals surface area contributed by atoms with Gasteiger partial charge in [0, 0.05) is 55.4 Å². The molecule has 2 aromatic carbocycles. The first-order valence-electron chi connectivity index (χ1n) is 13.2. The van der Waals surface area contributed by atoms with Crippen molar-refractivity contribution in [1.82, 2.24) is 14.8 Å². The van der Waals surface area contributed by atoms with Gasteiger partial charge < -0.3 is 20.1 Å². The molecule has 1 aromatic heterocycles. The Morgan fingerprint density at radius 1 is 1.02 bits per heavy atom. The second-order valence-electron chi connectivity index (χ2n) is 10.6. The molecule has 0 bridgehead atoms. The van der Waals surface area contributed by atoms with Gasteiger partial charge in [-0.2, -0.15) is 0 Å². The number of hydrogen-bond donors (Lipinski definition) is 2. The van der Waals surface area contributed by atoms with Crippen LogP contribution in [-0.2, 0) is 21.2 Å². The highest BCUT2D eigenvalue weighted by Gasteiger charge is 2.34. The molecule has 0 spiro atoms. The maximum Gasteiger partial charge on any atom is 0.264 e. The number of carbonyl (C=O) groups excluding carboxylic acids is 2. The molecule has 0 aliphatic carbocycles. The number of halogens is 1. The number of likely N-dealkylation sites (N-methyl/N-ethyl adjacent to an activating group) is 1. The molecule has 0 radical (unpaired) electrons. The minimum absolute atomic E-state index is 0.0381. The Bertz CT molecular complexity index is 1700. The van der Waals surface area contributed by atoms with Crippen LogP contribution in [0.15, 0.2) is 41.3 Å². The minimum atomic E-state index is -3.96. The molecule has 6 rings (SSSR count). The number of amides is 2. The van der Waals surface area contributed by atoms with Gasteiger partial charge in [0.2, 0.25) is 0 Å². The van der Waals surface area contributed by atoms with Gasteiger partial charge in [-0.3, -0.25) is 13.9 Å². The van der Waals surface area contributed by atoms with E-state index in [1.54, 1.807) is 12.1 Å². The molecule has 11 heteroatoms. The molecule has 1 fully saturated rings. The summed E-state index contributed by atoms with van der Waals surface area (Å²) in [4.78, 5) is 33.7. The fourth-order valence-corrected chi connectivity index (χ4v) is 7.27.